The van der Waals surface area contributed by atoms with Crippen LogP contribution in [-0.2, 0) is 4.79 Å². The van der Waals surface area contributed by atoms with Gasteiger partial charge in [0.1, 0.15) is 12.4 Å². The van der Waals surface area contributed by atoms with Gasteiger partial charge in [-0.2, -0.15) is 0 Å². The molecule has 0 fully saturated rings. The van der Waals surface area contributed by atoms with Crippen LogP contribution in [0.3, 0.4) is 0 Å². The Hall–Kier alpha value is -2.79. The first-order valence-electron chi connectivity index (χ1n) is 7.45. The monoisotopic (exact) mass is 328 g/mol. The third-order valence-corrected chi connectivity index (χ3v) is 3.26. The van der Waals surface area contributed by atoms with E-state index in [1.807, 2.05) is 24.3 Å². The van der Waals surface area contributed by atoms with Gasteiger partial charge in [-0.05, 0) is 42.3 Å². The van der Waals surface area contributed by atoms with Crippen LogP contribution in [0.25, 0.3) is 11.1 Å². The molecule has 126 valence electrons. The lowest BCUT2D eigenvalue weighted by Gasteiger charge is -2.12. The number of methoxy groups -OCH3 is 1. The van der Waals surface area contributed by atoms with E-state index in [1.165, 1.54) is 0 Å². The van der Waals surface area contributed by atoms with E-state index in [9.17, 15) is 4.79 Å². The van der Waals surface area contributed by atoms with E-state index < -0.39 is 5.97 Å². The molecular weight excluding hydrogens is 308 g/mol. The number of aliphatic hydroxyl groups excluding tert-OH is 1. The van der Waals surface area contributed by atoms with Crippen LogP contribution in [0, 0.1) is 0 Å². The van der Waals surface area contributed by atoms with Crippen molar-refractivity contribution in [1.82, 2.24) is 0 Å². The lowest BCUT2D eigenvalue weighted by atomic mass is 10.0. The lowest BCUT2D eigenvalue weighted by molar-refractivity contribution is -0.130. The molecule has 24 heavy (non-hydrogen) atoms. The average Bonchev–Trinajstić information content (AvgIpc) is 2.60. The van der Waals surface area contributed by atoms with Gasteiger partial charge in [-0.1, -0.05) is 24.8 Å². The number of hydrogen-bond acceptors (Lipinski definition) is 5. The second-order valence-electron chi connectivity index (χ2n) is 5.13. The van der Waals surface area contributed by atoms with E-state index in [1.54, 1.807) is 32.2 Å². The summed E-state index contributed by atoms with van der Waals surface area (Å²) in [4.78, 5) is 11.5. The molecule has 2 aromatic rings. The summed E-state index contributed by atoms with van der Waals surface area (Å²) in [6.45, 7) is 5.30. The number of ether oxygens (including phenoxy) is 3. The Morgan fingerprint density at radius 2 is 1.75 bits per heavy atom. The van der Waals surface area contributed by atoms with E-state index in [-0.39, 0.29) is 13.2 Å². The molecule has 0 aliphatic heterocycles. The highest BCUT2D eigenvalue weighted by molar-refractivity contribution is 5.88. The fourth-order valence-corrected chi connectivity index (χ4v) is 2.03. The summed E-state index contributed by atoms with van der Waals surface area (Å²) < 4.78 is 15.9. The van der Waals surface area contributed by atoms with Crippen molar-refractivity contribution in [2.45, 2.75) is 6.92 Å². The zero-order chi connectivity index (χ0) is 17.5. The van der Waals surface area contributed by atoms with Crippen LogP contribution in [0.2, 0.25) is 0 Å². The van der Waals surface area contributed by atoms with Crippen LogP contribution in [0.15, 0.2) is 54.6 Å². The van der Waals surface area contributed by atoms with Crippen molar-refractivity contribution >= 4 is 5.97 Å². The summed E-state index contributed by atoms with van der Waals surface area (Å²) >= 11 is 0. The quantitative estimate of drug-likeness (QED) is 0.480. The van der Waals surface area contributed by atoms with Gasteiger partial charge in [0.15, 0.2) is 11.5 Å². The van der Waals surface area contributed by atoms with Gasteiger partial charge in [0.25, 0.3) is 0 Å². The molecule has 0 heterocycles. The molecule has 0 unspecified atom stereocenters. The van der Waals surface area contributed by atoms with Crippen molar-refractivity contribution in [3.63, 3.8) is 0 Å². The van der Waals surface area contributed by atoms with Gasteiger partial charge in [-0.15, -0.1) is 0 Å². The van der Waals surface area contributed by atoms with Crippen LogP contribution in [0.4, 0.5) is 0 Å². The predicted molar refractivity (Wildman–Crippen MR) is 91.5 cm³/mol. The van der Waals surface area contributed by atoms with Gasteiger partial charge in [-0.25, -0.2) is 4.79 Å². The molecule has 0 saturated carbocycles. The molecule has 0 saturated heterocycles. The topological polar surface area (TPSA) is 65.0 Å². The molecule has 0 amide bonds. The predicted octanol–water partition coefficient (Wildman–Crippen LogP) is 3.21. The molecule has 0 bridgehead atoms. The number of hydrogen-bond donors (Lipinski definition) is 1. The second-order valence-corrected chi connectivity index (χ2v) is 5.13. The largest absolute Gasteiger partial charge is 0.493 e. The highest BCUT2D eigenvalue weighted by Gasteiger charge is 2.09. The van der Waals surface area contributed by atoms with Gasteiger partial charge in [0, 0.05) is 5.57 Å². The van der Waals surface area contributed by atoms with Crippen molar-refractivity contribution in [3.8, 4) is 28.4 Å². The second kappa shape index (κ2) is 8.17. The Morgan fingerprint density at radius 1 is 1.08 bits per heavy atom. The number of carbonyl (C=O) groups excluding carboxylic acids is 1. The van der Waals surface area contributed by atoms with Gasteiger partial charge in [0.05, 0.1) is 13.7 Å². The van der Waals surface area contributed by atoms with Crippen molar-refractivity contribution in [2.75, 3.05) is 20.3 Å². The van der Waals surface area contributed by atoms with E-state index in [4.69, 9.17) is 19.3 Å². The maximum absolute atomic E-state index is 11.5. The SMILES string of the molecule is C=C(C)C(=O)Oc1ccc(-c2ccc(OCCO)c(OC)c2)cc1. The molecular formula is C19H20O5. The maximum Gasteiger partial charge on any atom is 0.338 e. The minimum Gasteiger partial charge on any atom is -0.493 e. The van der Waals surface area contributed by atoms with Crippen LogP contribution < -0.4 is 14.2 Å². The van der Waals surface area contributed by atoms with Gasteiger partial charge in [-0.3, -0.25) is 0 Å². The third-order valence-electron chi connectivity index (χ3n) is 3.26. The van der Waals surface area contributed by atoms with Crippen molar-refractivity contribution in [2.24, 2.45) is 0 Å². The van der Waals surface area contributed by atoms with Crippen molar-refractivity contribution < 1.29 is 24.1 Å². The minimum atomic E-state index is -0.449. The molecule has 5 nitrogen and oxygen atoms in total. The standard InChI is InChI=1S/C19H20O5/c1-13(2)19(21)24-16-7-4-14(5-8-16)15-6-9-17(23-11-10-20)18(12-15)22-3/h4-9,12,20H,1,10-11H2,2-3H3. The molecule has 0 aliphatic carbocycles. The zero-order valence-electron chi connectivity index (χ0n) is 13.7. The molecule has 0 spiro atoms. The van der Waals surface area contributed by atoms with Gasteiger partial charge < -0.3 is 19.3 Å². The van der Waals surface area contributed by atoms with Crippen LogP contribution >= 0.6 is 0 Å². The lowest BCUT2D eigenvalue weighted by Crippen LogP contribution is -2.07. The Balaban J connectivity index is 2.19. The first kappa shape index (κ1) is 17.6. The van der Waals surface area contributed by atoms with Gasteiger partial charge in [0.2, 0.25) is 0 Å². The molecule has 5 heteroatoms. The molecule has 0 aromatic heterocycles. The molecule has 2 rings (SSSR count). The zero-order valence-corrected chi connectivity index (χ0v) is 13.7. The number of carbonyl (C=O) groups is 1. The molecule has 0 radical (unpaired) electrons. The van der Waals surface area contributed by atoms with E-state index >= 15 is 0 Å². The fraction of sp³-hybridized carbons (Fsp3) is 0.211. The summed E-state index contributed by atoms with van der Waals surface area (Å²) in [7, 11) is 1.56. The molecule has 0 aliphatic rings. The molecule has 2 aromatic carbocycles. The smallest absolute Gasteiger partial charge is 0.338 e. The Bertz CT molecular complexity index is 719. The minimum absolute atomic E-state index is 0.0602. The third kappa shape index (κ3) is 4.36. The van der Waals surface area contributed by atoms with E-state index in [2.05, 4.69) is 6.58 Å². The maximum atomic E-state index is 11.5. The summed E-state index contributed by atoms with van der Waals surface area (Å²) in [5, 5.41) is 8.84. The summed E-state index contributed by atoms with van der Waals surface area (Å²) in [5.41, 5.74) is 2.22. The summed E-state index contributed by atoms with van der Waals surface area (Å²) in [6, 6.07) is 12.7. The summed E-state index contributed by atoms with van der Waals surface area (Å²) in [6.07, 6.45) is 0. The first-order chi connectivity index (χ1) is 11.5. The molecule has 1 N–H and O–H groups in total. The normalized spacial score (nSPS) is 10.1. The van der Waals surface area contributed by atoms with Crippen molar-refractivity contribution in [1.29, 1.82) is 0 Å². The van der Waals surface area contributed by atoms with Crippen LogP contribution in [0.1, 0.15) is 6.92 Å². The molecule has 0 atom stereocenters. The number of benzene rings is 2. The summed E-state index contributed by atoms with van der Waals surface area (Å²) in [5.74, 6) is 1.16. The van der Waals surface area contributed by atoms with E-state index in [0.29, 0.717) is 22.8 Å². The number of aliphatic hydroxyl groups is 1. The van der Waals surface area contributed by atoms with Crippen LogP contribution in [0.5, 0.6) is 17.2 Å². The van der Waals surface area contributed by atoms with Crippen molar-refractivity contribution in [3.05, 3.63) is 54.6 Å². The van der Waals surface area contributed by atoms with Gasteiger partial charge >= 0.3 is 5.97 Å². The Labute approximate surface area is 141 Å². The number of rotatable bonds is 7. The van der Waals surface area contributed by atoms with E-state index in [0.717, 1.165) is 11.1 Å². The Kier molecular flexibility index (Phi) is 5.98. The Morgan fingerprint density at radius 3 is 2.33 bits per heavy atom. The average molecular weight is 328 g/mol. The highest BCUT2D eigenvalue weighted by atomic mass is 16.5. The van der Waals surface area contributed by atoms with Crippen LogP contribution in [-0.4, -0.2) is 31.4 Å². The number of esters is 1. The fourth-order valence-electron chi connectivity index (χ4n) is 2.03. The highest BCUT2D eigenvalue weighted by Crippen LogP contribution is 2.33. The first-order valence-corrected chi connectivity index (χ1v) is 7.45.